The summed E-state index contributed by atoms with van der Waals surface area (Å²) in [5.74, 6) is -0.342. The van der Waals surface area contributed by atoms with Crippen LogP contribution in [0.4, 0.5) is 0 Å². The van der Waals surface area contributed by atoms with Crippen LogP contribution in [0.2, 0.25) is 0 Å². The van der Waals surface area contributed by atoms with Gasteiger partial charge in [-0.25, -0.2) is 4.79 Å². The van der Waals surface area contributed by atoms with Gasteiger partial charge in [0, 0.05) is 6.61 Å². The average Bonchev–Trinajstić information content (AvgIpc) is 2.51. The number of hydrogen-bond acceptors (Lipinski definition) is 3. The number of carbonyl (C=O) groups is 1. The molecular formula is C8H11IO3. The fraction of sp³-hybridized carbons (Fsp3) is 0.625. The molecule has 0 N–H and O–H groups in total. The highest BCUT2D eigenvalue weighted by Crippen LogP contribution is 2.13. The zero-order chi connectivity index (χ0) is 8.97. The minimum Gasteiger partial charge on any atom is -0.459 e. The lowest BCUT2D eigenvalue weighted by atomic mass is 10.2. The summed E-state index contributed by atoms with van der Waals surface area (Å²) in [5, 5.41) is 0. The SMILES string of the molecule is C=C(I)C(=O)OC[C@H]1CCCO1. The molecule has 0 aromatic carbocycles. The lowest BCUT2D eigenvalue weighted by Gasteiger charge is -2.08. The molecule has 1 rings (SSSR count). The van der Waals surface area contributed by atoms with Gasteiger partial charge in [-0.15, -0.1) is 0 Å². The van der Waals surface area contributed by atoms with Gasteiger partial charge in [-0.1, -0.05) is 6.58 Å². The van der Waals surface area contributed by atoms with Crippen molar-refractivity contribution in [1.82, 2.24) is 0 Å². The predicted molar refractivity (Wildman–Crippen MR) is 53.1 cm³/mol. The second-order valence-electron chi connectivity index (χ2n) is 2.64. The summed E-state index contributed by atoms with van der Waals surface area (Å²) < 4.78 is 10.6. The molecule has 0 aliphatic carbocycles. The second-order valence-corrected chi connectivity index (χ2v) is 3.94. The van der Waals surface area contributed by atoms with Crippen molar-refractivity contribution in [3.05, 3.63) is 10.2 Å². The third kappa shape index (κ3) is 3.10. The smallest absolute Gasteiger partial charge is 0.343 e. The molecular weight excluding hydrogens is 271 g/mol. The number of esters is 1. The van der Waals surface area contributed by atoms with E-state index in [-0.39, 0.29) is 12.1 Å². The first kappa shape index (κ1) is 9.98. The van der Waals surface area contributed by atoms with Crippen LogP contribution < -0.4 is 0 Å². The van der Waals surface area contributed by atoms with Crippen molar-refractivity contribution in [2.75, 3.05) is 13.2 Å². The van der Waals surface area contributed by atoms with Crippen molar-refractivity contribution in [2.45, 2.75) is 18.9 Å². The highest BCUT2D eigenvalue weighted by molar-refractivity contribution is 14.1. The first-order valence-electron chi connectivity index (χ1n) is 3.83. The molecule has 0 aromatic rings. The molecule has 0 radical (unpaired) electrons. The third-order valence-electron chi connectivity index (χ3n) is 1.65. The van der Waals surface area contributed by atoms with Gasteiger partial charge in [0.15, 0.2) is 0 Å². The molecule has 0 unspecified atom stereocenters. The summed E-state index contributed by atoms with van der Waals surface area (Å²) >= 11 is 1.85. The maximum atomic E-state index is 10.9. The van der Waals surface area contributed by atoms with Gasteiger partial charge in [0.1, 0.15) is 6.61 Å². The normalized spacial score (nSPS) is 22.2. The van der Waals surface area contributed by atoms with E-state index in [1.165, 1.54) is 0 Å². The average molecular weight is 282 g/mol. The lowest BCUT2D eigenvalue weighted by Crippen LogP contribution is -2.17. The summed E-state index contributed by atoms with van der Waals surface area (Å²) in [6, 6.07) is 0. The number of hydrogen-bond donors (Lipinski definition) is 0. The maximum absolute atomic E-state index is 10.9. The summed E-state index contributed by atoms with van der Waals surface area (Å²) in [5.41, 5.74) is 0. The van der Waals surface area contributed by atoms with Crippen molar-refractivity contribution < 1.29 is 14.3 Å². The van der Waals surface area contributed by atoms with Crippen molar-refractivity contribution in [1.29, 1.82) is 0 Å². The van der Waals surface area contributed by atoms with Crippen LogP contribution in [-0.2, 0) is 14.3 Å². The molecule has 1 atom stereocenters. The van der Waals surface area contributed by atoms with E-state index in [1.807, 2.05) is 22.6 Å². The van der Waals surface area contributed by atoms with Crippen molar-refractivity contribution >= 4 is 28.6 Å². The van der Waals surface area contributed by atoms with Gasteiger partial charge in [0.2, 0.25) is 0 Å². The predicted octanol–water partition coefficient (Wildman–Crippen LogP) is 1.66. The van der Waals surface area contributed by atoms with Gasteiger partial charge in [-0.2, -0.15) is 0 Å². The Kier molecular flexibility index (Phi) is 4.00. The molecule has 0 spiro atoms. The quantitative estimate of drug-likeness (QED) is 0.448. The van der Waals surface area contributed by atoms with Crippen LogP contribution in [0, 0.1) is 0 Å². The molecule has 68 valence electrons. The highest BCUT2D eigenvalue weighted by Gasteiger charge is 2.17. The minimum absolute atomic E-state index is 0.102. The van der Waals surface area contributed by atoms with E-state index >= 15 is 0 Å². The van der Waals surface area contributed by atoms with E-state index in [4.69, 9.17) is 9.47 Å². The van der Waals surface area contributed by atoms with Crippen LogP contribution in [0.15, 0.2) is 10.2 Å². The van der Waals surface area contributed by atoms with Crippen LogP contribution in [-0.4, -0.2) is 25.3 Å². The first-order chi connectivity index (χ1) is 5.70. The van der Waals surface area contributed by atoms with Crippen LogP contribution in [0.1, 0.15) is 12.8 Å². The van der Waals surface area contributed by atoms with Crippen LogP contribution in [0.25, 0.3) is 0 Å². The van der Waals surface area contributed by atoms with Crippen molar-refractivity contribution in [3.8, 4) is 0 Å². The topological polar surface area (TPSA) is 35.5 Å². The van der Waals surface area contributed by atoms with Gasteiger partial charge < -0.3 is 9.47 Å². The maximum Gasteiger partial charge on any atom is 0.343 e. The van der Waals surface area contributed by atoms with Crippen LogP contribution in [0.5, 0.6) is 0 Å². The van der Waals surface area contributed by atoms with E-state index in [1.54, 1.807) is 0 Å². The van der Waals surface area contributed by atoms with E-state index in [9.17, 15) is 4.79 Å². The van der Waals surface area contributed by atoms with Gasteiger partial charge in [-0.3, -0.25) is 0 Å². The largest absolute Gasteiger partial charge is 0.459 e. The van der Waals surface area contributed by atoms with Gasteiger partial charge in [0.25, 0.3) is 0 Å². The monoisotopic (exact) mass is 282 g/mol. The third-order valence-corrected chi connectivity index (χ3v) is 2.09. The van der Waals surface area contributed by atoms with Crippen LogP contribution >= 0.6 is 22.6 Å². The zero-order valence-electron chi connectivity index (χ0n) is 6.72. The molecule has 1 fully saturated rings. The summed E-state index contributed by atoms with van der Waals surface area (Å²) in [6.45, 7) is 4.62. The Bertz CT molecular complexity index is 185. The Hall–Kier alpha value is -0.100. The highest BCUT2D eigenvalue weighted by atomic mass is 127. The molecule has 0 aromatic heterocycles. The molecule has 1 aliphatic rings. The Morgan fingerprint density at radius 3 is 3.00 bits per heavy atom. The lowest BCUT2D eigenvalue weighted by molar-refractivity contribution is -0.141. The van der Waals surface area contributed by atoms with E-state index in [0.717, 1.165) is 19.4 Å². The number of ether oxygens (including phenoxy) is 2. The summed E-state index contributed by atoms with van der Waals surface area (Å²) in [7, 11) is 0. The molecule has 1 saturated heterocycles. The Balaban J connectivity index is 2.16. The zero-order valence-corrected chi connectivity index (χ0v) is 8.87. The molecule has 3 nitrogen and oxygen atoms in total. The van der Waals surface area contributed by atoms with E-state index < -0.39 is 0 Å². The number of rotatable bonds is 3. The molecule has 4 heteroatoms. The van der Waals surface area contributed by atoms with Gasteiger partial charge >= 0.3 is 5.97 Å². The molecule has 0 saturated carbocycles. The fourth-order valence-corrected chi connectivity index (χ4v) is 1.18. The fourth-order valence-electron chi connectivity index (χ4n) is 1.02. The molecule has 12 heavy (non-hydrogen) atoms. The number of carbonyl (C=O) groups excluding carboxylic acids is 1. The molecule has 0 amide bonds. The van der Waals surface area contributed by atoms with Gasteiger partial charge in [-0.05, 0) is 35.4 Å². The Morgan fingerprint density at radius 1 is 1.75 bits per heavy atom. The van der Waals surface area contributed by atoms with Crippen molar-refractivity contribution in [2.24, 2.45) is 0 Å². The Labute approximate surface area is 85.2 Å². The first-order valence-corrected chi connectivity index (χ1v) is 4.91. The molecule has 0 bridgehead atoms. The van der Waals surface area contributed by atoms with Crippen LogP contribution in [0.3, 0.4) is 0 Å². The van der Waals surface area contributed by atoms with Gasteiger partial charge in [0.05, 0.1) is 9.68 Å². The van der Waals surface area contributed by atoms with E-state index in [2.05, 4.69) is 6.58 Å². The summed E-state index contributed by atoms with van der Waals surface area (Å²) in [4.78, 5) is 10.9. The molecule has 1 heterocycles. The molecule has 1 aliphatic heterocycles. The van der Waals surface area contributed by atoms with E-state index in [0.29, 0.717) is 10.2 Å². The second kappa shape index (κ2) is 4.81. The standard InChI is InChI=1S/C8H11IO3/c1-6(9)8(10)12-5-7-3-2-4-11-7/h7H,1-5H2/t7-/m1/s1. The Morgan fingerprint density at radius 2 is 2.50 bits per heavy atom. The minimum atomic E-state index is -0.342. The number of halogens is 1. The van der Waals surface area contributed by atoms with Crippen molar-refractivity contribution in [3.63, 3.8) is 0 Å². The summed E-state index contributed by atoms with van der Waals surface area (Å²) in [6.07, 6.45) is 2.15.